The van der Waals surface area contributed by atoms with Crippen molar-refractivity contribution in [3.8, 4) is 0 Å². The number of hydrogen-bond acceptors (Lipinski definition) is 5. The van der Waals surface area contributed by atoms with Gasteiger partial charge >= 0.3 is 4.87 Å². The Hall–Kier alpha value is -2.15. The predicted molar refractivity (Wildman–Crippen MR) is 87.5 cm³/mol. The number of thiazole rings is 1. The Bertz CT molecular complexity index is 686. The molecule has 3 rings (SSSR count). The van der Waals surface area contributed by atoms with Gasteiger partial charge in [0.05, 0.1) is 11.9 Å². The molecule has 0 aromatic carbocycles. The smallest absolute Gasteiger partial charge is 0.307 e. The standard InChI is InChI=1S/C15H18N4O2S/c20-14(11-19-8-9-22-15(19)21)17-12-4-5-13(16-10-12)18-6-2-1-3-7-18/h4-5,8-10H,1-3,6-7,11H2,(H,17,20). The van der Waals surface area contributed by atoms with Gasteiger partial charge in [-0.25, -0.2) is 4.98 Å². The molecule has 1 fully saturated rings. The molecule has 0 unspecified atom stereocenters. The summed E-state index contributed by atoms with van der Waals surface area (Å²) < 4.78 is 1.38. The van der Waals surface area contributed by atoms with Crippen LogP contribution in [0.5, 0.6) is 0 Å². The molecule has 7 heteroatoms. The quantitative estimate of drug-likeness (QED) is 0.935. The highest BCUT2D eigenvalue weighted by molar-refractivity contribution is 7.07. The van der Waals surface area contributed by atoms with Crippen LogP contribution in [0.3, 0.4) is 0 Å². The van der Waals surface area contributed by atoms with E-state index in [-0.39, 0.29) is 17.3 Å². The number of anilines is 2. The van der Waals surface area contributed by atoms with Crippen molar-refractivity contribution in [1.29, 1.82) is 0 Å². The fourth-order valence-corrected chi connectivity index (χ4v) is 3.12. The number of rotatable bonds is 4. The minimum atomic E-state index is -0.229. The lowest BCUT2D eigenvalue weighted by atomic mass is 10.1. The van der Waals surface area contributed by atoms with Crippen molar-refractivity contribution in [3.05, 3.63) is 39.6 Å². The van der Waals surface area contributed by atoms with Crippen molar-refractivity contribution in [3.63, 3.8) is 0 Å². The zero-order valence-electron chi connectivity index (χ0n) is 12.2. The lowest BCUT2D eigenvalue weighted by molar-refractivity contribution is -0.116. The zero-order chi connectivity index (χ0) is 15.4. The second-order valence-corrected chi connectivity index (χ2v) is 6.15. The number of amides is 1. The van der Waals surface area contributed by atoms with E-state index in [1.165, 1.54) is 23.8 Å². The third-order valence-electron chi connectivity index (χ3n) is 3.67. The van der Waals surface area contributed by atoms with E-state index in [9.17, 15) is 9.59 Å². The number of carbonyl (C=O) groups excluding carboxylic acids is 1. The molecular formula is C15H18N4O2S. The average molecular weight is 318 g/mol. The summed E-state index contributed by atoms with van der Waals surface area (Å²) in [4.78, 5) is 29.9. The van der Waals surface area contributed by atoms with Crippen LogP contribution in [-0.2, 0) is 11.3 Å². The van der Waals surface area contributed by atoms with Crippen molar-refractivity contribution >= 4 is 28.7 Å². The van der Waals surface area contributed by atoms with Gasteiger partial charge in [0.25, 0.3) is 0 Å². The van der Waals surface area contributed by atoms with Crippen LogP contribution in [0, 0.1) is 0 Å². The first-order chi connectivity index (χ1) is 10.7. The average Bonchev–Trinajstić information content (AvgIpc) is 2.94. The normalized spacial score (nSPS) is 14.8. The van der Waals surface area contributed by atoms with Crippen molar-refractivity contribution < 1.29 is 4.79 Å². The molecule has 1 saturated heterocycles. The van der Waals surface area contributed by atoms with Gasteiger partial charge in [0.15, 0.2) is 0 Å². The van der Waals surface area contributed by atoms with Gasteiger partial charge in [0.1, 0.15) is 12.4 Å². The maximum atomic E-state index is 11.9. The van der Waals surface area contributed by atoms with Crippen molar-refractivity contribution in [2.45, 2.75) is 25.8 Å². The Kier molecular flexibility index (Phi) is 4.53. The van der Waals surface area contributed by atoms with Crippen LogP contribution in [-0.4, -0.2) is 28.5 Å². The van der Waals surface area contributed by atoms with E-state index in [0.717, 1.165) is 30.2 Å². The van der Waals surface area contributed by atoms with Gasteiger partial charge in [-0.3, -0.25) is 14.2 Å². The van der Waals surface area contributed by atoms with Crippen molar-refractivity contribution in [2.75, 3.05) is 23.3 Å². The first-order valence-corrected chi connectivity index (χ1v) is 8.25. The molecule has 22 heavy (non-hydrogen) atoms. The highest BCUT2D eigenvalue weighted by atomic mass is 32.1. The molecule has 0 bridgehead atoms. The second-order valence-electron chi connectivity index (χ2n) is 5.30. The van der Waals surface area contributed by atoms with E-state index < -0.39 is 0 Å². The Labute approximate surface area is 132 Å². The Morgan fingerprint density at radius 2 is 2.09 bits per heavy atom. The summed E-state index contributed by atoms with van der Waals surface area (Å²) >= 11 is 1.08. The van der Waals surface area contributed by atoms with Gasteiger partial charge in [-0.1, -0.05) is 11.3 Å². The number of pyridine rings is 1. The molecule has 1 amide bonds. The lowest BCUT2D eigenvalue weighted by Crippen LogP contribution is -2.30. The lowest BCUT2D eigenvalue weighted by Gasteiger charge is -2.27. The molecule has 2 aromatic rings. The van der Waals surface area contributed by atoms with E-state index >= 15 is 0 Å². The Balaban J connectivity index is 1.59. The van der Waals surface area contributed by atoms with Crippen molar-refractivity contribution in [1.82, 2.24) is 9.55 Å². The van der Waals surface area contributed by atoms with Crippen LogP contribution in [0.4, 0.5) is 11.5 Å². The summed E-state index contributed by atoms with van der Waals surface area (Å²) in [6, 6.07) is 3.78. The zero-order valence-corrected chi connectivity index (χ0v) is 13.0. The molecular weight excluding hydrogens is 300 g/mol. The molecule has 1 aliphatic rings. The summed E-state index contributed by atoms with van der Waals surface area (Å²) in [7, 11) is 0. The minimum absolute atomic E-state index is 0.0240. The molecule has 1 N–H and O–H groups in total. The van der Waals surface area contributed by atoms with Gasteiger partial charge < -0.3 is 10.2 Å². The van der Waals surface area contributed by atoms with E-state index in [1.54, 1.807) is 17.8 Å². The van der Waals surface area contributed by atoms with Gasteiger partial charge in [-0.15, -0.1) is 0 Å². The van der Waals surface area contributed by atoms with Crippen LogP contribution in [0.15, 0.2) is 34.7 Å². The molecule has 6 nitrogen and oxygen atoms in total. The van der Waals surface area contributed by atoms with Gasteiger partial charge in [-0.05, 0) is 31.4 Å². The minimum Gasteiger partial charge on any atom is -0.357 e. The molecule has 116 valence electrons. The molecule has 3 heterocycles. The number of nitrogens with zero attached hydrogens (tertiary/aromatic N) is 3. The van der Waals surface area contributed by atoms with Gasteiger partial charge in [0, 0.05) is 24.7 Å². The fraction of sp³-hybridized carbons (Fsp3) is 0.400. The van der Waals surface area contributed by atoms with Crippen LogP contribution in [0.1, 0.15) is 19.3 Å². The number of piperidine rings is 1. The van der Waals surface area contributed by atoms with Crippen LogP contribution < -0.4 is 15.1 Å². The molecule has 0 atom stereocenters. The van der Waals surface area contributed by atoms with Crippen LogP contribution in [0.25, 0.3) is 0 Å². The maximum Gasteiger partial charge on any atom is 0.307 e. The Morgan fingerprint density at radius 1 is 1.27 bits per heavy atom. The summed E-state index contributed by atoms with van der Waals surface area (Å²) in [5, 5.41) is 4.43. The first kappa shape index (κ1) is 14.8. The fourth-order valence-electron chi connectivity index (χ4n) is 2.53. The van der Waals surface area contributed by atoms with Gasteiger partial charge in [0.2, 0.25) is 5.91 Å². The molecule has 0 spiro atoms. The summed E-state index contributed by atoms with van der Waals surface area (Å²) in [5.74, 6) is 0.722. The molecule has 0 radical (unpaired) electrons. The number of aromatic nitrogens is 2. The summed E-state index contributed by atoms with van der Waals surface area (Å²) in [6.45, 7) is 2.11. The first-order valence-electron chi connectivity index (χ1n) is 7.37. The topological polar surface area (TPSA) is 67.2 Å². The highest BCUT2D eigenvalue weighted by Crippen LogP contribution is 2.18. The van der Waals surface area contributed by atoms with Gasteiger partial charge in [-0.2, -0.15) is 0 Å². The number of nitrogens with one attached hydrogen (secondary N) is 1. The van der Waals surface area contributed by atoms with E-state index in [1.807, 2.05) is 12.1 Å². The molecule has 1 aliphatic heterocycles. The third-order valence-corrected chi connectivity index (χ3v) is 4.36. The SMILES string of the molecule is O=C(Cn1ccsc1=O)Nc1ccc(N2CCCCC2)nc1. The monoisotopic (exact) mass is 318 g/mol. The summed E-state index contributed by atoms with van der Waals surface area (Å²) in [6.07, 6.45) is 6.97. The van der Waals surface area contributed by atoms with E-state index in [2.05, 4.69) is 15.2 Å². The predicted octanol–water partition coefficient (Wildman–Crippen LogP) is 1.93. The number of carbonyl (C=O) groups is 1. The van der Waals surface area contributed by atoms with Crippen LogP contribution in [0.2, 0.25) is 0 Å². The van der Waals surface area contributed by atoms with Crippen LogP contribution >= 0.6 is 11.3 Å². The molecule has 2 aromatic heterocycles. The van der Waals surface area contributed by atoms with Crippen molar-refractivity contribution in [2.24, 2.45) is 0 Å². The molecule has 0 saturated carbocycles. The van der Waals surface area contributed by atoms with E-state index in [4.69, 9.17) is 0 Å². The maximum absolute atomic E-state index is 11.9. The molecule has 0 aliphatic carbocycles. The highest BCUT2D eigenvalue weighted by Gasteiger charge is 2.12. The van der Waals surface area contributed by atoms with E-state index in [0.29, 0.717) is 5.69 Å². The third kappa shape index (κ3) is 3.54. The second kappa shape index (κ2) is 6.74. The number of hydrogen-bond donors (Lipinski definition) is 1. The summed E-state index contributed by atoms with van der Waals surface area (Å²) in [5.41, 5.74) is 0.647. The Morgan fingerprint density at radius 3 is 2.73 bits per heavy atom. The largest absolute Gasteiger partial charge is 0.357 e.